The average Bonchev–Trinajstić information content (AvgIpc) is 2.67. The highest BCUT2D eigenvalue weighted by Gasteiger charge is 2.31. The van der Waals surface area contributed by atoms with Crippen molar-refractivity contribution in [2.45, 2.75) is 32.8 Å². The van der Waals surface area contributed by atoms with Crippen molar-refractivity contribution in [3.8, 4) is 23.0 Å². The maximum absolute atomic E-state index is 12.0. The second-order valence-corrected chi connectivity index (χ2v) is 8.70. The van der Waals surface area contributed by atoms with Crippen molar-refractivity contribution < 1.29 is 36.3 Å². The fraction of sp³-hybridized carbons (Fsp3) is 0.409. The van der Waals surface area contributed by atoms with Gasteiger partial charge in [-0.15, -0.1) is 0 Å². The Morgan fingerprint density at radius 2 is 1.42 bits per heavy atom. The minimum atomic E-state index is -3.59. The van der Waals surface area contributed by atoms with E-state index in [0.717, 1.165) is 6.26 Å². The molecule has 0 spiro atoms. The van der Waals surface area contributed by atoms with Gasteiger partial charge in [-0.3, -0.25) is 0 Å². The van der Waals surface area contributed by atoms with Gasteiger partial charge in [-0.1, -0.05) is 12.1 Å². The van der Waals surface area contributed by atoms with Gasteiger partial charge in [0.25, 0.3) is 0 Å². The van der Waals surface area contributed by atoms with E-state index in [4.69, 9.17) is 23.1 Å². The monoisotopic (exact) mass is 452 g/mol. The molecule has 0 amide bonds. The molecule has 0 bridgehead atoms. The minimum absolute atomic E-state index is 0.193. The summed E-state index contributed by atoms with van der Waals surface area (Å²) in [6.45, 7) is 6.08. The molecule has 2 rings (SSSR count). The molecule has 0 aromatic heterocycles. The lowest BCUT2D eigenvalue weighted by atomic mass is 10.1. The average molecular weight is 453 g/mol. The third-order valence-electron chi connectivity index (χ3n) is 3.82. The van der Waals surface area contributed by atoms with Crippen LogP contribution in [0.3, 0.4) is 0 Å². The number of ether oxygens (including phenoxy) is 4. The first kappa shape index (κ1) is 24.3. The molecule has 0 atom stereocenters. The van der Waals surface area contributed by atoms with Gasteiger partial charge in [0.05, 0.1) is 26.1 Å². The summed E-state index contributed by atoms with van der Waals surface area (Å²) in [6.07, 6.45) is 1.58. The van der Waals surface area contributed by atoms with Gasteiger partial charge in [-0.05, 0) is 45.0 Å². The van der Waals surface area contributed by atoms with E-state index >= 15 is 0 Å². The van der Waals surface area contributed by atoms with Crippen molar-refractivity contribution in [3.05, 3.63) is 48.5 Å². The van der Waals surface area contributed by atoms with Crippen LogP contribution in [-0.2, 0) is 19.6 Å². The zero-order valence-corrected chi connectivity index (χ0v) is 18.9. The van der Waals surface area contributed by atoms with Crippen LogP contribution in [0.2, 0.25) is 0 Å². The van der Waals surface area contributed by atoms with Gasteiger partial charge < -0.3 is 23.1 Å². The van der Waals surface area contributed by atoms with E-state index in [1.807, 2.05) is 0 Å². The summed E-state index contributed by atoms with van der Waals surface area (Å²) < 4.78 is 49.3. The van der Waals surface area contributed by atoms with Crippen molar-refractivity contribution in [1.29, 1.82) is 0 Å². The molecule has 170 valence electrons. The molecule has 2 aromatic rings. The summed E-state index contributed by atoms with van der Waals surface area (Å²) >= 11 is 0. The van der Waals surface area contributed by atoms with Gasteiger partial charge in [0.15, 0.2) is 5.60 Å². The predicted molar refractivity (Wildman–Crippen MR) is 115 cm³/mol. The maximum Gasteiger partial charge on any atom is 0.349 e. The van der Waals surface area contributed by atoms with Crippen LogP contribution in [0.5, 0.6) is 23.0 Å². The van der Waals surface area contributed by atoms with Crippen molar-refractivity contribution >= 4 is 16.1 Å². The van der Waals surface area contributed by atoms with Gasteiger partial charge in [0, 0.05) is 18.6 Å². The number of carbonyl (C=O) groups excluding carboxylic acids is 1. The highest BCUT2D eigenvalue weighted by atomic mass is 32.2. The smallest absolute Gasteiger partial charge is 0.349 e. The molecule has 0 saturated heterocycles. The summed E-state index contributed by atoms with van der Waals surface area (Å²) in [4.78, 5) is 12.0. The van der Waals surface area contributed by atoms with E-state index in [0.29, 0.717) is 36.9 Å². The van der Waals surface area contributed by atoms with Gasteiger partial charge >= 0.3 is 16.1 Å². The van der Waals surface area contributed by atoms with Gasteiger partial charge in [-0.2, -0.15) is 8.42 Å². The zero-order chi connectivity index (χ0) is 22.9. The number of rotatable bonds is 12. The fourth-order valence-corrected chi connectivity index (χ4v) is 2.95. The first-order valence-corrected chi connectivity index (χ1v) is 11.6. The Bertz CT molecular complexity index is 969. The Balaban J connectivity index is 1.80. The molecular weight excluding hydrogens is 424 g/mol. The number of carbonyl (C=O) groups is 1. The summed E-state index contributed by atoms with van der Waals surface area (Å²) in [5, 5.41) is 0. The lowest BCUT2D eigenvalue weighted by molar-refractivity contribution is -0.158. The third kappa shape index (κ3) is 8.75. The van der Waals surface area contributed by atoms with Crippen LogP contribution < -0.4 is 18.4 Å². The second-order valence-electron chi connectivity index (χ2n) is 7.12. The molecule has 0 unspecified atom stereocenters. The molecule has 9 heteroatoms. The van der Waals surface area contributed by atoms with E-state index in [-0.39, 0.29) is 12.4 Å². The van der Waals surface area contributed by atoms with Crippen LogP contribution in [0.4, 0.5) is 0 Å². The molecular formula is C22H28O8S. The summed E-state index contributed by atoms with van der Waals surface area (Å²) in [7, 11) is -3.59. The van der Waals surface area contributed by atoms with Crippen LogP contribution >= 0.6 is 0 Å². The van der Waals surface area contributed by atoms with Crippen LogP contribution in [0.1, 0.15) is 27.2 Å². The Hall–Kier alpha value is -2.94. The summed E-state index contributed by atoms with van der Waals surface area (Å²) in [5.74, 6) is 1.34. The molecule has 0 heterocycles. The normalized spacial score (nSPS) is 11.5. The van der Waals surface area contributed by atoms with Crippen LogP contribution in [0.15, 0.2) is 48.5 Å². The number of esters is 1. The predicted octanol–water partition coefficient (Wildman–Crippen LogP) is 3.59. The molecule has 2 aromatic carbocycles. The number of benzene rings is 2. The highest BCUT2D eigenvalue weighted by Crippen LogP contribution is 2.25. The molecule has 8 nitrogen and oxygen atoms in total. The van der Waals surface area contributed by atoms with Crippen LogP contribution in [0, 0.1) is 0 Å². The molecule has 0 aliphatic rings. The summed E-state index contributed by atoms with van der Waals surface area (Å²) in [6, 6.07) is 13.4. The molecule has 0 fully saturated rings. The third-order valence-corrected chi connectivity index (χ3v) is 4.32. The Morgan fingerprint density at radius 1 is 0.903 bits per heavy atom. The quantitative estimate of drug-likeness (QED) is 0.274. The Labute approximate surface area is 183 Å². The van der Waals surface area contributed by atoms with Crippen LogP contribution in [-0.4, -0.2) is 46.1 Å². The SMILES string of the molecule is CCOC(=O)C(C)(C)Oc1cccc(OCCCOc2cccc(OS(C)(=O)=O)c2)c1. The summed E-state index contributed by atoms with van der Waals surface area (Å²) in [5.41, 5.74) is -1.11. The van der Waals surface area contributed by atoms with E-state index in [1.165, 1.54) is 12.1 Å². The molecule has 0 radical (unpaired) electrons. The Kier molecular flexibility index (Phi) is 8.56. The molecule has 0 aliphatic heterocycles. The molecule has 0 saturated carbocycles. The molecule has 0 aliphatic carbocycles. The van der Waals surface area contributed by atoms with Gasteiger partial charge in [0.1, 0.15) is 23.0 Å². The number of hydrogen-bond acceptors (Lipinski definition) is 8. The van der Waals surface area contributed by atoms with Crippen molar-refractivity contribution in [2.75, 3.05) is 26.1 Å². The van der Waals surface area contributed by atoms with Gasteiger partial charge in [-0.25, -0.2) is 4.79 Å². The lowest BCUT2D eigenvalue weighted by Crippen LogP contribution is -2.39. The topological polar surface area (TPSA) is 97.4 Å². The van der Waals surface area contributed by atoms with E-state index < -0.39 is 21.7 Å². The Morgan fingerprint density at radius 3 is 1.97 bits per heavy atom. The van der Waals surface area contributed by atoms with Crippen molar-refractivity contribution in [2.24, 2.45) is 0 Å². The van der Waals surface area contributed by atoms with E-state index in [2.05, 4.69) is 0 Å². The van der Waals surface area contributed by atoms with Crippen molar-refractivity contribution in [1.82, 2.24) is 0 Å². The first-order valence-electron chi connectivity index (χ1n) is 9.80. The maximum atomic E-state index is 12.0. The first-order chi connectivity index (χ1) is 14.6. The largest absolute Gasteiger partial charge is 0.493 e. The molecule has 0 N–H and O–H groups in total. The highest BCUT2D eigenvalue weighted by molar-refractivity contribution is 7.86. The minimum Gasteiger partial charge on any atom is -0.493 e. The standard InChI is InChI=1S/C22H28O8S/c1-5-26-21(23)22(2,3)29-19-11-6-9-17(15-19)27-13-8-14-28-18-10-7-12-20(16-18)30-31(4,24)25/h6-7,9-12,15-16H,5,8,13-14H2,1-4H3. The fourth-order valence-electron chi connectivity index (χ4n) is 2.50. The van der Waals surface area contributed by atoms with Crippen molar-refractivity contribution in [3.63, 3.8) is 0 Å². The second kappa shape index (κ2) is 10.9. The molecule has 31 heavy (non-hydrogen) atoms. The lowest BCUT2D eigenvalue weighted by Gasteiger charge is -2.24. The zero-order valence-electron chi connectivity index (χ0n) is 18.1. The van der Waals surface area contributed by atoms with Gasteiger partial charge in [0.2, 0.25) is 0 Å². The van der Waals surface area contributed by atoms with E-state index in [1.54, 1.807) is 57.2 Å². The van der Waals surface area contributed by atoms with E-state index in [9.17, 15) is 13.2 Å². The number of hydrogen-bond donors (Lipinski definition) is 0. The van der Waals surface area contributed by atoms with Crippen LogP contribution in [0.25, 0.3) is 0 Å².